The van der Waals surface area contributed by atoms with Crippen LogP contribution in [-0.2, 0) is 29.3 Å². The molecule has 6 N–H and O–H groups in total. The Labute approximate surface area is 504 Å². The van der Waals surface area contributed by atoms with Gasteiger partial charge in [-0.25, -0.2) is 18.7 Å². The van der Waals surface area contributed by atoms with Gasteiger partial charge in [-0.15, -0.1) is 20.5 Å². The van der Waals surface area contributed by atoms with Crippen LogP contribution in [0.25, 0.3) is 12.2 Å². The van der Waals surface area contributed by atoms with E-state index in [1.165, 1.54) is 63.7 Å². The molecule has 0 spiro atoms. The Balaban J connectivity index is 1.28. The Morgan fingerprint density at radius 2 is 1.16 bits per heavy atom. The minimum absolute atomic E-state index is 0.0127. The lowest BCUT2D eigenvalue weighted by molar-refractivity contribution is -0.120. The number of hydrogen-bond acceptors (Lipinski definition) is 25. The number of ether oxygens (including phenoxy) is 2. The first-order chi connectivity index (χ1) is 41.2. The minimum Gasteiger partial charge on any atom is -0.494 e. The quantitative estimate of drug-likeness (QED) is 0.00662. The van der Waals surface area contributed by atoms with Crippen LogP contribution in [0.1, 0.15) is 51.3 Å². The van der Waals surface area contributed by atoms with Gasteiger partial charge in [0.25, 0.3) is 11.8 Å². The van der Waals surface area contributed by atoms with Crippen molar-refractivity contribution in [3.63, 3.8) is 0 Å². The molecular weight excluding hydrogens is 1200 g/mol. The SMILES string of the molecule is CCN(CC)c1cc(Nc2nc(Nc3cc(N(CC)CC)c(OC)cc3N=Nc3nc(S(=O)(=O)O)c(/C=C(/C(C)=O)C(=O)Nc4cccc(F)c4)s3)nc(SCCO)n2)c(N=Nc2ncc(/C=C(\C(C)=O)C(=O)Nc3cccc(F)c3)s2)cc1OC. The fraction of sp³-hybridized carbons (Fsp3) is 0.255. The fourth-order valence-electron chi connectivity index (χ4n) is 8.01. The molecule has 0 saturated carbocycles. The first-order valence-corrected chi connectivity index (χ1v) is 30.1. The number of hydrogen-bond donors (Lipinski definition) is 6. The summed E-state index contributed by atoms with van der Waals surface area (Å²) in [6.07, 6.45) is 3.67. The number of aliphatic hydroxyl groups is 1. The average Bonchev–Trinajstić information content (AvgIpc) is 2.52. The van der Waals surface area contributed by atoms with E-state index >= 15 is 0 Å². The fourth-order valence-corrected chi connectivity index (χ4v) is 11.0. The zero-order valence-corrected chi connectivity index (χ0v) is 50.6. The van der Waals surface area contributed by atoms with Crippen LogP contribution in [0.3, 0.4) is 0 Å². The van der Waals surface area contributed by atoms with Crippen molar-refractivity contribution in [1.82, 2.24) is 24.9 Å². The van der Waals surface area contributed by atoms with Crippen LogP contribution < -0.4 is 40.5 Å². The molecule has 25 nitrogen and oxygen atoms in total. The second-order valence-corrected chi connectivity index (χ2v) is 22.2. The number of nitrogens with one attached hydrogen (secondary N) is 4. The lowest BCUT2D eigenvalue weighted by Crippen LogP contribution is -2.22. The standard InChI is InChI=1S/C55H57F2N15O10S4/c1-9-71(10-2)43-25-39(41(27-45(43)81-7)67-69-53-58-29-36(84-53)23-37(30(5)74)48(76)59-34-17-13-15-32(56)21-34)61-51-64-52(66-54(65-51)83-20-19-73)62-40-26-44(72(11-3)12-4)46(82-8)28-42(40)68-70-55-63-50(86(78,79)80)47(85-55)24-38(31(6)75)49(77)60-35-18-14-16-33(57)22-35/h13-18,21-29,73H,9-12,19-20H2,1-8H3,(H,59,76)(H,60,77)(H,78,79,80)(H2,61,62,64,65,66)/b37-23+,38-24-,69-67?,70-68?. The first kappa shape index (κ1) is 64.5. The maximum atomic E-state index is 13.9. The maximum Gasteiger partial charge on any atom is 0.313 e. The topological polar surface area (TPSA) is 330 Å². The van der Waals surface area contributed by atoms with Gasteiger partial charge in [0, 0.05) is 61.6 Å². The number of azo groups is 2. The Morgan fingerprint density at radius 3 is 1.60 bits per heavy atom. The van der Waals surface area contributed by atoms with E-state index in [1.807, 2.05) is 37.5 Å². The van der Waals surface area contributed by atoms with Crippen LogP contribution in [0, 0.1) is 11.6 Å². The van der Waals surface area contributed by atoms with Crippen molar-refractivity contribution in [2.24, 2.45) is 20.5 Å². The van der Waals surface area contributed by atoms with Crippen molar-refractivity contribution in [3.05, 3.63) is 112 Å². The van der Waals surface area contributed by atoms with Crippen molar-refractivity contribution < 1.29 is 55.5 Å². The molecule has 0 radical (unpaired) electrons. The molecule has 0 fully saturated rings. The van der Waals surface area contributed by atoms with Gasteiger partial charge in [0.05, 0.1) is 64.5 Å². The van der Waals surface area contributed by atoms with Gasteiger partial charge in [-0.05, 0) is 102 Å². The third kappa shape index (κ3) is 16.9. The Hall–Kier alpha value is -9.01. The third-order valence-electron chi connectivity index (χ3n) is 12.1. The highest BCUT2D eigenvalue weighted by Crippen LogP contribution is 2.43. The van der Waals surface area contributed by atoms with E-state index in [0.29, 0.717) is 71.0 Å². The summed E-state index contributed by atoms with van der Waals surface area (Å²) >= 11 is 2.71. The molecule has 3 aromatic heterocycles. The van der Waals surface area contributed by atoms with E-state index in [2.05, 4.69) is 61.7 Å². The molecule has 450 valence electrons. The van der Waals surface area contributed by atoms with Gasteiger partial charge in [0.15, 0.2) is 16.7 Å². The Morgan fingerprint density at radius 1 is 0.674 bits per heavy atom. The van der Waals surface area contributed by atoms with Crippen LogP contribution in [0.5, 0.6) is 11.5 Å². The smallest absolute Gasteiger partial charge is 0.313 e. The van der Waals surface area contributed by atoms with Crippen molar-refractivity contribution >= 4 is 148 Å². The summed E-state index contributed by atoms with van der Waals surface area (Å²) in [4.78, 5) is 78.3. The van der Waals surface area contributed by atoms with Gasteiger partial charge in [0.2, 0.25) is 27.2 Å². The number of thiazole rings is 2. The van der Waals surface area contributed by atoms with E-state index in [4.69, 9.17) is 14.5 Å². The molecule has 4 aromatic carbocycles. The number of rotatable bonds is 28. The molecule has 3 heterocycles. The number of carbonyl (C=O) groups excluding carboxylic acids is 4. The predicted molar refractivity (Wildman–Crippen MR) is 327 cm³/mol. The van der Waals surface area contributed by atoms with Crippen molar-refractivity contribution in [1.29, 1.82) is 0 Å². The molecule has 86 heavy (non-hydrogen) atoms. The highest BCUT2D eigenvalue weighted by atomic mass is 32.2. The zero-order valence-electron chi connectivity index (χ0n) is 47.4. The Bertz CT molecular complexity index is 3910. The number of thioether (sulfide) groups is 1. The largest absolute Gasteiger partial charge is 0.494 e. The number of Topliss-reactive ketones (excluding diaryl/α,β-unsaturated/α-hetero) is 2. The van der Waals surface area contributed by atoms with Crippen LogP contribution in [0.4, 0.5) is 76.4 Å². The van der Waals surface area contributed by atoms with Gasteiger partial charge < -0.3 is 45.6 Å². The first-order valence-electron chi connectivity index (χ1n) is 26.0. The molecule has 31 heteroatoms. The molecule has 2 amide bonds. The molecular formula is C55H57F2N15O10S4. The molecule has 0 aliphatic carbocycles. The van der Waals surface area contributed by atoms with Gasteiger partial charge in [-0.1, -0.05) is 46.6 Å². The van der Waals surface area contributed by atoms with E-state index in [0.717, 1.165) is 54.3 Å². The van der Waals surface area contributed by atoms with Crippen LogP contribution in [-0.4, -0.2) is 119 Å². The summed E-state index contributed by atoms with van der Waals surface area (Å²) in [5.74, 6) is -3.41. The number of benzene rings is 4. The summed E-state index contributed by atoms with van der Waals surface area (Å²) in [6.45, 7) is 12.2. The molecule has 0 saturated heterocycles. The van der Waals surface area contributed by atoms with E-state index < -0.39 is 55.7 Å². The summed E-state index contributed by atoms with van der Waals surface area (Å²) in [7, 11) is -2.13. The summed E-state index contributed by atoms with van der Waals surface area (Å²) in [5.41, 5.74) is 1.56. The van der Waals surface area contributed by atoms with E-state index in [9.17, 15) is 46.0 Å². The second kappa shape index (κ2) is 29.7. The normalized spacial score (nSPS) is 11.9. The Kier molecular flexibility index (Phi) is 22.3. The van der Waals surface area contributed by atoms with E-state index in [1.54, 1.807) is 24.3 Å². The molecule has 0 bridgehead atoms. The number of carbonyl (C=O) groups is 4. The van der Waals surface area contributed by atoms with Gasteiger partial charge in [0.1, 0.15) is 34.5 Å². The molecule has 0 aliphatic heterocycles. The molecule has 0 aliphatic rings. The van der Waals surface area contributed by atoms with Crippen LogP contribution >= 0.6 is 34.4 Å². The minimum atomic E-state index is -5.10. The van der Waals surface area contributed by atoms with Crippen molar-refractivity contribution in [3.8, 4) is 11.5 Å². The van der Waals surface area contributed by atoms with Crippen molar-refractivity contribution in [2.75, 3.05) is 83.8 Å². The molecule has 0 unspecified atom stereocenters. The monoisotopic (exact) mass is 1250 g/mol. The highest BCUT2D eigenvalue weighted by molar-refractivity contribution is 7.99. The number of halogens is 2. The third-order valence-corrected chi connectivity index (χ3v) is 15.5. The number of nitrogens with zero attached hydrogens (tertiary/aromatic N) is 11. The molecule has 7 rings (SSSR count). The summed E-state index contributed by atoms with van der Waals surface area (Å²) in [5, 5.41) is 37.9. The van der Waals surface area contributed by atoms with Crippen LogP contribution in [0.2, 0.25) is 0 Å². The summed E-state index contributed by atoms with van der Waals surface area (Å²) < 4.78 is 75.1. The highest BCUT2D eigenvalue weighted by Gasteiger charge is 2.26. The molecule has 7 aromatic rings. The average molecular weight is 1250 g/mol. The number of aromatic nitrogens is 5. The zero-order chi connectivity index (χ0) is 62.2. The number of amides is 2. The maximum absolute atomic E-state index is 13.9. The summed E-state index contributed by atoms with van der Waals surface area (Å²) in [6, 6.07) is 16.8. The molecule has 0 atom stereocenters. The van der Waals surface area contributed by atoms with Gasteiger partial charge in [-0.2, -0.15) is 23.4 Å². The predicted octanol–water partition coefficient (Wildman–Crippen LogP) is 11.6. The number of methoxy groups -OCH3 is 2. The van der Waals surface area contributed by atoms with Crippen LogP contribution in [0.15, 0.2) is 121 Å². The lowest BCUT2D eigenvalue weighted by Gasteiger charge is -2.25. The number of ketones is 2. The lowest BCUT2D eigenvalue weighted by atomic mass is 10.1. The van der Waals surface area contributed by atoms with Crippen molar-refractivity contribution in [2.45, 2.75) is 51.7 Å². The number of anilines is 8. The number of aliphatic hydroxyl groups excluding tert-OH is 1. The van der Waals surface area contributed by atoms with Gasteiger partial charge in [-0.3, -0.25) is 23.7 Å². The van der Waals surface area contributed by atoms with E-state index in [-0.39, 0.29) is 78.6 Å². The second-order valence-electron chi connectivity index (χ2n) is 17.8. The van der Waals surface area contributed by atoms with Gasteiger partial charge >= 0.3 is 10.1 Å².